The quantitative estimate of drug-likeness (QED) is 0.732. The largest absolute Gasteiger partial charge is 0.493 e. The van der Waals surface area contributed by atoms with Gasteiger partial charge in [0.15, 0.2) is 16.3 Å². The summed E-state index contributed by atoms with van der Waals surface area (Å²) in [6.07, 6.45) is 1.57. The molecule has 0 atom stereocenters. The number of benzene rings is 1. The van der Waals surface area contributed by atoms with Crippen LogP contribution in [0.15, 0.2) is 29.4 Å². The number of aromatic nitrogens is 3. The van der Waals surface area contributed by atoms with Gasteiger partial charge in [0.25, 0.3) is 5.91 Å². The maximum Gasteiger partial charge on any atom is 0.297 e. The van der Waals surface area contributed by atoms with E-state index in [1.807, 2.05) is 23.7 Å². The predicted octanol–water partition coefficient (Wildman–Crippen LogP) is 1.73. The van der Waals surface area contributed by atoms with E-state index in [0.29, 0.717) is 22.0 Å². The topological polar surface area (TPSA) is 70.6 Å². The lowest BCUT2D eigenvalue weighted by atomic mass is 10.3. The molecule has 0 unspecified atom stereocenters. The van der Waals surface area contributed by atoms with Gasteiger partial charge in [-0.1, -0.05) is 11.3 Å². The molecule has 0 fully saturated rings. The van der Waals surface area contributed by atoms with Crippen molar-refractivity contribution in [3.8, 4) is 11.5 Å². The van der Waals surface area contributed by atoms with Crippen LogP contribution in [0.25, 0.3) is 10.2 Å². The maximum atomic E-state index is 12.3. The maximum absolute atomic E-state index is 12.3. The number of ether oxygens (including phenoxy) is 2. The van der Waals surface area contributed by atoms with Gasteiger partial charge in [-0.3, -0.25) is 9.48 Å². The standard InChI is InChI=1S/C15H16N4O3S/c1-18-10-7-11(21-3)12(22-4)8-13(10)23-15(18)17-14(20)9-5-6-16-19(9)2/h5-8H,1-4H3. The van der Waals surface area contributed by atoms with Crippen molar-refractivity contribution in [3.05, 3.63) is 34.9 Å². The number of methoxy groups -OCH3 is 2. The number of hydrogen-bond donors (Lipinski definition) is 0. The van der Waals surface area contributed by atoms with Gasteiger partial charge in [0.2, 0.25) is 0 Å². The van der Waals surface area contributed by atoms with Gasteiger partial charge in [0, 0.05) is 32.4 Å². The van der Waals surface area contributed by atoms with Crippen molar-refractivity contribution in [2.45, 2.75) is 0 Å². The highest BCUT2D eigenvalue weighted by Gasteiger charge is 2.13. The van der Waals surface area contributed by atoms with Crippen LogP contribution in [0.5, 0.6) is 11.5 Å². The molecule has 0 aliphatic heterocycles. The van der Waals surface area contributed by atoms with Crippen LogP contribution in [-0.4, -0.2) is 34.5 Å². The van der Waals surface area contributed by atoms with E-state index in [9.17, 15) is 4.79 Å². The molecule has 23 heavy (non-hydrogen) atoms. The molecule has 0 spiro atoms. The minimum absolute atomic E-state index is 0.328. The van der Waals surface area contributed by atoms with E-state index in [1.165, 1.54) is 16.0 Å². The molecule has 0 saturated carbocycles. The summed E-state index contributed by atoms with van der Waals surface area (Å²) in [7, 11) is 6.76. The Balaban J connectivity index is 2.15. The molecule has 0 aliphatic carbocycles. The minimum Gasteiger partial charge on any atom is -0.493 e. The van der Waals surface area contributed by atoms with E-state index in [1.54, 1.807) is 33.5 Å². The summed E-state index contributed by atoms with van der Waals surface area (Å²) in [4.78, 5) is 17.1. The first kappa shape index (κ1) is 15.3. The van der Waals surface area contributed by atoms with Crippen LogP contribution in [0, 0.1) is 0 Å². The fraction of sp³-hybridized carbons (Fsp3) is 0.267. The molecule has 1 aromatic carbocycles. The first-order chi connectivity index (χ1) is 11.0. The average molecular weight is 332 g/mol. The molecule has 1 amide bonds. The Bertz CT molecular complexity index is 951. The summed E-state index contributed by atoms with van der Waals surface area (Å²) < 4.78 is 15.0. The minimum atomic E-state index is -0.328. The molecule has 120 valence electrons. The fourth-order valence-electron chi connectivity index (χ4n) is 2.29. The molecule has 0 bridgehead atoms. The van der Waals surface area contributed by atoms with Crippen molar-refractivity contribution >= 4 is 27.5 Å². The SMILES string of the molecule is COc1cc2sc(=NC(=O)c3ccnn3C)n(C)c2cc1OC. The molecule has 0 radical (unpaired) electrons. The molecule has 0 N–H and O–H groups in total. The smallest absolute Gasteiger partial charge is 0.297 e. The van der Waals surface area contributed by atoms with Gasteiger partial charge in [0.1, 0.15) is 5.69 Å². The van der Waals surface area contributed by atoms with Gasteiger partial charge in [-0.05, 0) is 6.07 Å². The van der Waals surface area contributed by atoms with Gasteiger partial charge in [-0.15, -0.1) is 0 Å². The van der Waals surface area contributed by atoms with Crippen molar-refractivity contribution in [3.63, 3.8) is 0 Å². The monoisotopic (exact) mass is 332 g/mol. The molecular formula is C15H16N4O3S. The Hall–Kier alpha value is -2.61. The van der Waals surface area contributed by atoms with Crippen LogP contribution in [0.1, 0.15) is 10.5 Å². The Morgan fingerprint density at radius 3 is 2.52 bits per heavy atom. The number of carbonyl (C=O) groups excluding carboxylic acids is 1. The van der Waals surface area contributed by atoms with Crippen LogP contribution in [0.2, 0.25) is 0 Å². The van der Waals surface area contributed by atoms with E-state index in [2.05, 4.69) is 10.1 Å². The molecule has 0 saturated heterocycles. The Labute approximate surface area is 136 Å². The van der Waals surface area contributed by atoms with E-state index >= 15 is 0 Å². The van der Waals surface area contributed by atoms with Crippen molar-refractivity contribution < 1.29 is 14.3 Å². The Morgan fingerprint density at radius 2 is 1.91 bits per heavy atom. The molecule has 0 aliphatic rings. The van der Waals surface area contributed by atoms with Crippen molar-refractivity contribution in [2.75, 3.05) is 14.2 Å². The summed E-state index contributed by atoms with van der Waals surface area (Å²) in [6.45, 7) is 0. The molecule has 3 aromatic rings. The second-order valence-corrected chi connectivity index (χ2v) is 5.88. The van der Waals surface area contributed by atoms with Crippen LogP contribution >= 0.6 is 11.3 Å². The molecule has 3 rings (SSSR count). The number of thiazole rings is 1. The van der Waals surface area contributed by atoms with Crippen LogP contribution in [0.3, 0.4) is 0 Å². The third-order valence-electron chi connectivity index (χ3n) is 3.55. The highest BCUT2D eigenvalue weighted by molar-refractivity contribution is 7.16. The lowest BCUT2D eigenvalue weighted by Crippen LogP contribution is -2.15. The van der Waals surface area contributed by atoms with E-state index in [0.717, 1.165) is 10.2 Å². The zero-order valence-electron chi connectivity index (χ0n) is 13.2. The predicted molar refractivity (Wildman–Crippen MR) is 87.0 cm³/mol. The van der Waals surface area contributed by atoms with Crippen LogP contribution in [0.4, 0.5) is 0 Å². The van der Waals surface area contributed by atoms with Gasteiger partial charge in [-0.2, -0.15) is 10.1 Å². The molecule has 2 aromatic heterocycles. The zero-order chi connectivity index (χ0) is 16.6. The van der Waals surface area contributed by atoms with Crippen molar-refractivity contribution in [1.29, 1.82) is 0 Å². The highest BCUT2D eigenvalue weighted by Crippen LogP contribution is 2.32. The lowest BCUT2D eigenvalue weighted by molar-refractivity contribution is 0.0989. The Morgan fingerprint density at radius 1 is 1.22 bits per heavy atom. The third-order valence-corrected chi connectivity index (χ3v) is 4.65. The number of hydrogen-bond acceptors (Lipinski definition) is 5. The van der Waals surface area contributed by atoms with Gasteiger partial charge < -0.3 is 14.0 Å². The molecule has 7 nitrogen and oxygen atoms in total. The number of rotatable bonds is 3. The lowest BCUT2D eigenvalue weighted by Gasteiger charge is -2.07. The first-order valence-corrected chi connectivity index (χ1v) is 7.65. The van der Waals surface area contributed by atoms with Gasteiger partial charge in [-0.25, -0.2) is 0 Å². The number of aryl methyl sites for hydroxylation is 2. The summed E-state index contributed by atoms with van der Waals surface area (Å²) in [6, 6.07) is 5.40. The molecule has 2 heterocycles. The van der Waals surface area contributed by atoms with Gasteiger partial charge in [0.05, 0.1) is 24.4 Å². The molecule has 8 heteroatoms. The summed E-state index contributed by atoms with van der Waals surface area (Å²) >= 11 is 1.41. The molecular weight excluding hydrogens is 316 g/mol. The van der Waals surface area contributed by atoms with E-state index in [4.69, 9.17) is 9.47 Å². The first-order valence-electron chi connectivity index (χ1n) is 6.83. The fourth-order valence-corrected chi connectivity index (χ4v) is 3.32. The number of nitrogens with zero attached hydrogens (tertiary/aromatic N) is 4. The second kappa shape index (κ2) is 5.88. The second-order valence-electron chi connectivity index (χ2n) is 4.88. The van der Waals surface area contributed by atoms with Crippen molar-refractivity contribution in [1.82, 2.24) is 14.3 Å². The summed E-state index contributed by atoms with van der Waals surface area (Å²) in [5.74, 6) is 0.954. The summed E-state index contributed by atoms with van der Waals surface area (Å²) in [5, 5.41) is 3.99. The van der Waals surface area contributed by atoms with E-state index < -0.39 is 0 Å². The number of carbonyl (C=O) groups is 1. The van der Waals surface area contributed by atoms with Crippen LogP contribution in [-0.2, 0) is 14.1 Å². The summed E-state index contributed by atoms with van der Waals surface area (Å²) in [5.41, 5.74) is 1.36. The zero-order valence-corrected chi connectivity index (χ0v) is 14.0. The highest BCUT2D eigenvalue weighted by atomic mass is 32.1. The van der Waals surface area contributed by atoms with E-state index in [-0.39, 0.29) is 5.91 Å². The van der Waals surface area contributed by atoms with Gasteiger partial charge >= 0.3 is 0 Å². The third kappa shape index (κ3) is 2.61. The average Bonchev–Trinajstić information content (AvgIpc) is 3.10. The Kier molecular flexibility index (Phi) is 3.91. The normalized spacial score (nSPS) is 11.9. The van der Waals surface area contributed by atoms with Crippen molar-refractivity contribution in [2.24, 2.45) is 19.1 Å². The number of amides is 1. The number of fused-ring (bicyclic) bond motifs is 1. The van der Waals surface area contributed by atoms with Crippen LogP contribution < -0.4 is 14.3 Å².